The zero-order valence-corrected chi connectivity index (χ0v) is 11.3. The molecule has 1 aromatic rings. The first kappa shape index (κ1) is 14.7. The van der Waals surface area contributed by atoms with Crippen LogP contribution in [0.25, 0.3) is 0 Å². The zero-order valence-electron chi connectivity index (χ0n) is 10.5. The highest BCUT2D eigenvalue weighted by molar-refractivity contribution is 7.09. The topological polar surface area (TPSA) is 50.9 Å². The minimum Gasteiger partial charge on any atom is -0.271 e. The Morgan fingerprint density at radius 1 is 1.47 bits per heavy atom. The van der Waals surface area contributed by atoms with Gasteiger partial charge in [-0.1, -0.05) is 6.42 Å². The maximum absolute atomic E-state index is 12.8. The molecule has 0 spiro atoms. The van der Waals surface area contributed by atoms with Gasteiger partial charge in [-0.05, 0) is 25.2 Å². The van der Waals surface area contributed by atoms with Crippen LogP contribution in [0.1, 0.15) is 30.6 Å². The minimum atomic E-state index is -4.08. The van der Waals surface area contributed by atoms with Gasteiger partial charge in [-0.2, -0.15) is 13.2 Å². The Kier molecular flexibility index (Phi) is 4.81. The van der Waals surface area contributed by atoms with Crippen molar-refractivity contribution in [3.05, 3.63) is 16.6 Å². The number of nitrogens with zero attached hydrogens (tertiary/aromatic N) is 1. The van der Waals surface area contributed by atoms with E-state index >= 15 is 0 Å². The van der Waals surface area contributed by atoms with Crippen LogP contribution >= 0.6 is 11.3 Å². The molecular weight excluding hydrogens is 275 g/mol. The minimum absolute atomic E-state index is 0.0209. The van der Waals surface area contributed by atoms with Crippen molar-refractivity contribution in [2.24, 2.45) is 17.7 Å². The van der Waals surface area contributed by atoms with E-state index in [4.69, 9.17) is 5.84 Å². The van der Waals surface area contributed by atoms with Gasteiger partial charge in [0.25, 0.3) is 0 Å². The molecule has 0 bridgehead atoms. The standard InChI is InChI=1S/C12H18F3N3S/c13-12(14,15)9-3-1-2-8(4-9)11(18-16)5-10-6-17-7-19-10/h6-9,11,18H,1-5,16H2. The van der Waals surface area contributed by atoms with E-state index in [0.717, 1.165) is 11.3 Å². The molecule has 1 fully saturated rings. The van der Waals surface area contributed by atoms with Crippen molar-refractivity contribution in [2.75, 3.05) is 0 Å². The van der Waals surface area contributed by atoms with Crippen molar-refractivity contribution in [1.29, 1.82) is 0 Å². The predicted molar refractivity (Wildman–Crippen MR) is 68.4 cm³/mol. The monoisotopic (exact) mass is 293 g/mol. The van der Waals surface area contributed by atoms with E-state index in [-0.39, 0.29) is 24.8 Å². The molecule has 0 radical (unpaired) electrons. The molecule has 3 nitrogen and oxygen atoms in total. The van der Waals surface area contributed by atoms with Gasteiger partial charge in [0.15, 0.2) is 0 Å². The van der Waals surface area contributed by atoms with Crippen molar-refractivity contribution < 1.29 is 13.2 Å². The number of hydrogen-bond donors (Lipinski definition) is 2. The Hall–Kier alpha value is -0.660. The van der Waals surface area contributed by atoms with E-state index in [1.165, 1.54) is 11.3 Å². The average molecular weight is 293 g/mol. The molecule has 1 aliphatic carbocycles. The second kappa shape index (κ2) is 6.19. The van der Waals surface area contributed by atoms with Crippen molar-refractivity contribution in [3.8, 4) is 0 Å². The van der Waals surface area contributed by atoms with Crippen LogP contribution in [0.2, 0.25) is 0 Å². The molecule has 19 heavy (non-hydrogen) atoms. The summed E-state index contributed by atoms with van der Waals surface area (Å²) in [4.78, 5) is 5.03. The van der Waals surface area contributed by atoms with Crippen LogP contribution in [-0.2, 0) is 6.42 Å². The number of aromatic nitrogens is 1. The van der Waals surface area contributed by atoms with E-state index in [1.807, 2.05) is 0 Å². The third-order valence-electron chi connectivity index (χ3n) is 3.87. The van der Waals surface area contributed by atoms with Crippen LogP contribution < -0.4 is 11.3 Å². The summed E-state index contributed by atoms with van der Waals surface area (Å²) in [7, 11) is 0. The molecule has 0 saturated heterocycles. The SMILES string of the molecule is NNC(Cc1cncs1)C1CCCC(C(F)(F)F)C1. The second-order valence-electron chi connectivity index (χ2n) is 5.11. The molecule has 7 heteroatoms. The number of rotatable bonds is 4. The first-order chi connectivity index (χ1) is 9.00. The second-order valence-corrected chi connectivity index (χ2v) is 6.08. The van der Waals surface area contributed by atoms with Gasteiger partial charge in [-0.15, -0.1) is 11.3 Å². The first-order valence-electron chi connectivity index (χ1n) is 6.41. The molecule has 3 unspecified atom stereocenters. The lowest BCUT2D eigenvalue weighted by molar-refractivity contribution is -0.186. The maximum atomic E-state index is 12.8. The van der Waals surface area contributed by atoms with Gasteiger partial charge in [0.1, 0.15) is 0 Å². The van der Waals surface area contributed by atoms with Crippen molar-refractivity contribution >= 4 is 11.3 Å². The van der Waals surface area contributed by atoms with Crippen LogP contribution in [0.15, 0.2) is 11.7 Å². The molecule has 3 N–H and O–H groups in total. The molecule has 1 heterocycles. The molecule has 1 aromatic heterocycles. The Balaban J connectivity index is 1.98. The Labute approximate surface area is 114 Å². The number of alkyl halides is 3. The average Bonchev–Trinajstić information content (AvgIpc) is 2.88. The molecule has 0 amide bonds. The smallest absolute Gasteiger partial charge is 0.271 e. The van der Waals surface area contributed by atoms with Crippen LogP contribution in [0.5, 0.6) is 0 Å². The normalized spacial score (nSPS) is 26.3. The summed E-state index contributed by atoms with van der Waals surface area (Å²) in [6.07, 6.45) is 0.169. The van der Waals surface area contributed by atoms with Crippen molar-refractivity contribution in [1.82, 2.24) is 10.4 Å². The quantitative estimate of drug-likeness (QED) is 0.663. The van der Waals surface area contributed by atoms with Gasteiger partial charge in [-0.3, -0.25) is 16.3 Å². The number of nitrogens with one attached hydrogen (secondary N) is 1. The highest BCUT2D eigenvalue weighted by Gasteiger charge is 2.43. The Morgan fingerprint density at radius 2 is 2.26 bits per heavy atom. The highest BCUT2D eigenvalue weighted by Crippen LogP contribution is 2.41. The van der Waals surface area contributed by atoms with E-state index in [9.17, 15) is 13.2 Å². The van der Waals surface area contributed by atoms with Crippen LogP contribution in [-0.4, -0.2) is 17.2 Å². The zero-order chi connectivity index (χ0) is 13.9. The molecule has 0 aliphatic heterocycles. The largest absolute Gasteiger partial charge is 0.391 e. The highest BCUT2D eigenvalue weighted by atomic mass is 32.1. The van der Waals surface area contributed by atoms with E-state index < -0.39 is 12.1 Å². The molecule has 108 valence electrons. The summed E-state index contributed by atoms with van der Waals surface area (Å²) in [6, 6.07) is -0.106. The summed E-state index contributed by atoms with van der Waals surface area (Å²) in [5.41, 5.74) is 4.42. The predicted octanol–water partition coefficient (Wildman–Crippen LogP) is 2.89. The van der Waals surface area contributed by atoms with Gasteiger partial charge in [0.05, 0.1) is 11.4 Å². The third kappa shape index (κ3) is 3.90. The van der Waals surface area contributed by atoms with Crippen LogP contribution in [0, 0.1) is 11.8 Å². The lowest BCUT2D eigenvalue weighted by Gasteiger charge is -2.35. The molecular formula is C12H18F3N3S. The van der Waals surface area contributed by atoms with Crippen molar-refractivity contribution in [3.63, 3.8) is 0 Å². The number of nitrogens with two attached hydrogens (primary N) is 1. The summed E-state index contributed by atoms with van der Waals surface area (Å²) in [5, 5.41) is 0. The number of hydrogen-bond acceptors (Lipinski definition) is 4. The van der Waals surface area contributed by atoms with Gasteiger partial charge < -0.3 is 0 Å². The van der Waals surface area contributed by atoms with Crippen LogP contribution in [0.3, 0.4) is 0 Å². The fraction of sp³-hybridized carbons (Fsp3) is 0.750. The van der Waals surface area contributed by atoms with Crippen molar-refractivity contribution in [2.45, 2.75) is 44.3 Å². The van der Waals surface area contributed by atoms with Gasteiger partial charge in [-0.25, -0.2) is 0 Å². The van der Waals surface area contributed by atoms with E-state index in [1.54, 1.807) is 11.7 Å². The molecule has 0 aromatic carbocycles. The fourth-order valence-corrected chi connectivity index (χ4v) is 3.47. The summed E-state index contributed by atoms with van der Waals surface area (Å²) in [6.45, 7) is 0. The first-order valence-corrected chi connectivity index (χ1v) is 7.29. The maximum Gasteiger partial charge on any atom is 0.391 e. The van der Waals surface area contributed by atoms with E-state index in [0.29, 0.717) is 12.8 Å². The third-order valence-corrected chi connectivity index (χ3v) is 4.67. The molecule has 1 saturated carbocycles. The lowest BCUT2D eigenvalue weighted by Crippen LogP contribution is -2.45. The summed E-state index contributed by atoms with van der Waals surface area (Å²) >= 11 is 1.51. The number of thiazole rings is 1. The molecule has 1 aliphatic rings. The van der Waals surface area contributed by atoms with E-state index in [2.05, 4.69) is 10.4 Å². The summed E-state index contributed by atoms with van der Waals surface area (Å²) < 4.78 is 38.4. The Bertz CT molecular complexity index is 380. The molecule has 3 atom stereocenters. The van der Waals surface area contributed by atoms with Crippen LogP contribution in [0.4, 0.5) is 13.2 Å². The summed E-state index contributed by atoms with van der Waals surface area (Å²) in [5.74, 6) is 4.33. The lowest BCUT2D eigenvalue weighted by atomic mass is 9.77. The van der Waals surface area contributed by atoms with Gasteiger partial charge in [0.2, 0.25) is 0 Å². The molecule has 2 rings (SSSR count). The van der Waals surface area contributed by atoms with Gasteiger partial charge in [0, 0.05) is 23.5 Å². The fourth-order valence-electron chi connectivity index (χ4n) is 2.81. The van der Waals surface area contributed by atoms with Gasteiger partial charge >= 0.3 is 6.18 Å². The Morgan fingerprint density at radius 3 is 2.84 bits per heavy atom. The number of halogens is 3. The number of hydrazine groups is 1.